The lowest BCUT2D eigenvalue weighted by Crippen LogP contribution is -2.42. The van der Waals surface area contributed by atoms with Crippen LogP contribution in [0.4, 0.5) is 0 Å². The smallest absolute Gasteiger partial charge is 0.128 e. The second-order valence-electron chi connectivity index (χ2n) is 6.37. The minimum Gasteiger partial charge on any atom is -0.496 e. The number of aromatic nitrogens is 1. The molecule has 0 aliphatic heterocycles. The maximum Gasteiger partial charge on any atom is 0.128 e. The SMILES string of the molecule is CCC1CCC(C(Cc2ncc(C)c(OC)c2C)NN)C1. The van der Waals surface area contributed by atoms with E-state index in [1.165, 1.54) is 25.7 Å². The lowest BCUT2D eigenvalue weighted by molar-refractivity contribution is 0.344. The van der Waals surface area contributed by atoms with Crippen LogP contribution in [0.15, 0.2) is 6.20 Å². The minimum absolute atomic E-state index is 0.306. The number of nitrogens with two attached hydrogens (primary N) is 1. The Balaban J connectivity index is 2.12. The van der Waals surface area contributed by atoms with Crippen molar-refractivity contribution in [1.29, 1.82) is 0 Å². The van der Waals surface area contributed by atoms with Crippen LogP contribution < -0.4 is 16.0 Å². The molecule has 0 radical (unpaired) electrons. The van der Waals surface area contributed by atoms with Crippen LogP contribution in [0.5, 0.6) is 5.75 Å². The van der Waals surface area contributed by atoms with E-state index in [-0.39, 0.29) is 0 Å². The monoisotopic (exact) mass is 291 g/mol. The van der Waals surface area contributed by atoms with Crippen LogP contribution in [0, 0.1) is 25.7 Å². The average Bonchev–Trinajstić information content (AvgIpc) is 2.96. The fourth-order valence-corrected chi connectivity index (χ4v) is 3.70. The Morgan fingerprint density at radius 3 is 2.76 bits per heavy atom. The number of pyridine rings is 1. The van der Waals surface area contributed by atoms with E-state index >= 15 is 0 Å². The topological polar surface area (TPSA) is 60.2 Å². The van der Waals surface area contributed by atoms with Crippen molar-refractivity contribution >= 4 is 0 Å². The lowest BCUT2D eigenvalue weighted by Gasteiger charge is -2.24. The van der Waals surface area contributed by atoms with Crippen molar-refractivity contribution in [2.75, 3.05) is 7.11 Å². The van der Waals surface area contributed by atoms with Crippen LogP contribution in [0.25, 0.3) is 0 Å². The minimum atomic E-state index is 0.306. The number of hydrogen-bond donors (Lipinski definition) is 2. The first-order chi connectivity index (χ1) is 10.1. The first-order valence-electron chi connectivity index (χ1n) is 8.05. The molecule has 4 heteroatoms. The number of nitrogens with zero attached hydrogens (tertiary/aromatic N) is 1. The van der Waals surface area contributed by atoms with Crippen LogP contribution in [-0.2, 0) is 6.42 Å². The molecule has 3 unspecified atom stereocenters. The zero-order chi connectivity index (χ0) is 15.4. The molecule has 1 heterocycles. The van der Waals surface area contributed by atoms with Crippen molar-refractivity contribution < 1.29 is 4.74 Å². The molecule has 118 valence electrons. The number of methoxy groups -OCH3 is 1. The Morgan fingerprint density at radius 1 is 1.43 bits per heavy atom. The zero-order valence-electron chi connectivity index (χ0n) is 13.8. The number of ether oxygens (including phenoxy) is 1. The Hall–Kier alpha value is -1.13. The molecule has 21 heavy (non-hydrogen) atoms. The van der Waals surface area contributed by atoms with Gasteiger partial charge in [-0.15, -0.1) is 0 Å². The molecule has 0 spiro atoms. The van der Waals surface area contributed by atoms with Gasteiger partial charge in [-0.2, -0.15) is 0 Å². The Morgan fingerprint density at radius 2 is 2.19 bits per heavy atom. The molecule has 1 aliphatic rings. The summed E-state index contributed by atoms with van der Waals surface area (Å²) in [6, 6.07) is 0.306. The van der Waals surface area contributed by atoms with Crippen LogP contribution in [0.1, 0.15) is 49.4 Å². The zero-order valence-corrected chi connectivity index (χ0v) is 13.8. The predicted octanol–water partition coefficient (Wildman–Crippen LogP) is 2.91. The first kappa shape index (κ1) is 16.2. The van der Waals surface area contributed by atoms with Gasteiger partial charge in [-0.05, 0) is 38.5 Å². The molecule has 3 N–H and O–H groups in total. The van der Waals surface area contributed by atoms with Crippen molar-refractivity contribution in [3.63, 3.8) is 0 Å². The van der Waals surface area contributed by atoms with Crippen LogP contribution in [-0.4, -0.2) is 18.1 Å². The third-order valence-corrected chi connectivity index (χ3v) is 5.11. The summed E-state index contributed by atoms with van der Waals surface area (Å²) in [6.45, 7) is 6.41. The van der Waals surface area contributed by atoms with Crippen molar-refractivity contribution in [3.8, 4) is 5.75 Å². The maximum absolute atomic E-state index is 5.83. The number of aryl methyl sites for hydroxylation is 1. The molecule has 0 bridgehead atoms. The van der Waals surface area contributed by atoms with Crippen molar-refractivity contribution in [1.82, 2.24) is 10.4 Å². The van der Waals surface area contributed by atoms with E-state index in [4.69, 9.17) is 10.6 Å². The summed E-state index contributed by atoms with van der Waals surface area (Å²) in [5.41, 5.74) is 6.36. The normalized spacial score (nSPS) is 23.3. The molecule has 0 amide bonds. The van der Waals surface area contributed by atoms with Gasteiger partial charge in [0.15, 0.2) is 0 Å². The third kappa shape index (κ3) is 3.55. The van der Waals surface area contributed by atoms with E-state index in [1.807, 2.05) is 13.1 Å². The summed E-state index contributed by atoms with van der Waals surface area (Å²) in [5, 5.41) is 0. The van der Waals surface area contributed by atoms with Crippen LogP contribution >= 0.6 is 0 Å². The van der Waals surface area contributed by atoms with Gasteiger partial charge in [0.05, 0.1) is 7.11 Å². The molecule has 1 aromatic heterocycles. The third-order valence-electron chi connectivity index (χ3n) is 5.11. The molecular weight excluding hydrogens is 262 g/mol. The van der Waals surface area contributed by atoms with Gasteiger partial charge in [0.1, 0.15) is 5.75 Å². The van der Waals surface area contributed by atoms with Gasteiger partial charge in [-0.25, -0.2) is 0 Å². The second-order valence-corrected chi connectivity index (χ2v) is 6.37. The summed E-state index contributed by atoms with van der Waals surface area (Å²) < 4.78 is 5.50. The summed E-state index contributed by atoms with van der Waals surface area (Å²) in [5.74, 6) is 8.31. The molecule has 3 atom stereocenters. The number of hydrogen-bond acceptors (Lipinski definition) is 4. The van der Waals surface area contributed by atoms with E-state index in [1.54, 1.807) is 7.11 Å². The van der Waals surface area contributed by atoms with Gasteiger partial charge in [-0.3, -0.25) is 16.3 Å². The Bertz CT molecular complexity index is 475. The maximum atomic E-state index is 5.83. The molecule has 4 nitrogen and oxygen atoms in total. The van der Waals surface area contributed by atoms with Crippen molar-refractivity contribution in [2.45, 2.75) is 58.9 Å². The summed E-state index contributed by atoms with van der Waals surface area (Å²) in [6.07, 6.45) is 7.95. The summed E-state index contributed by atoms with van der Waals surface area (Å²) in [4.78, 5) is 4.61. The standard InChI is InChI=1S/C17H29N3O/c1-5-13-6-7-14(8-13)16(20-18)9-15-12(3)17(21-4)11(2)10-19-15/h10,13-14,16,20H,5-9,18H2,1-4H3. The van der Waals surface area contributed by atoms with Gasteiger partial charge < -0.3 is 4.74 Å². The molecule has 1 fully saturated rings. The number of nitrogens with one attached hydrogen (secondary N) is 1. The van der Waals surface area contributed by atoms with E-state index in [2.05, 4.69) is 24.3 Å². The first-order valence-corrected chi connectivity index (χ1v) is 8.05. The van der Waals surface area contributed by atoms with Crippen molar-refractivity contribution in [2.24, 2.45) is 17.7 Å². The van der Waals surface area contributed by atoms with Gasteiger partial charge >= 0.3 is 0 Å². The fraction of sp³-hybridized carbons (Fsp3) is 0.706. The molecule has 1 aliphatic carbocycles. The number of hydrazine groups is 1. The van der Waals surface area contributed by atoms with E-state index in [0.29, 0.717) is 12.0 Å². The van der Waals surface area contributed by atoms with E-state index < -0.39 is 0 Å². The lowest BCUT2D eigenvalue weighted by atomic mass is 9.91. The fourth-order valence-electron chi connectivity index (χ4n) is 3.70. The van der Waals surface area contributed by atoms with Gasteiger partial charge in [0.25, 0.3) is 0 Å². The highest BCUT2D eigenvalue weighted by atomic mass is 16.5. The summed E-state index contributed by atoms with van der Waals surface area (Å²) in [7, 11) is 1.72. The highest BCUT2D eigenvalue weighted by Gasteiger charge is 2.30. The summed E-state index contributed by atoms with van der Waals surface area (Å²) >= 11 is 0. The van der Waals surface area contributed by atoms with E-state index in [0.717, 1.165) is 34.9 Å². The molecule has 0 aromatic carbocycles. The molecule has 1 aromatic rings. The van der Waals surface area contributed by atoms with Crippen LogP contribution in [0.3, 0.4) is 0 Å². The Kier molecular flexibility index (Phi) is 5.59. The molecular formula is C17H29N3O. The van der Waals surface area contributed by atoms with Crippen molar-refractivity contribution in [3.05, 3.63) is 23.0 Å². The highest BCUT2D eigenvalue weighted by Crippen LogP contribution is 2.36. The van der Waals surface area contributed by atoms with Gasteiger partial charge in [0.2, 0.25) is 0 Å². The van der Waals surface area contributed by atoms with E-state index in [9.17, 15) is 0 Å². The second kappa shape index (κ2) is 7.23. The van der Waals surface area contributed by atoms with Gasteiger partial charge in [0, 0.05) is 35.5 Å². The predicted molar refractivity (Wildman–Crippen MR) is 86.2 cm³/mol. The van der Waals surface area contributed by atoms with Gasteiger partial charge in [-0.1, -0.05) is 19.8 Å². The number of rotatable bonds is 6. The quantitative estimate of drug-likeness (QED) is 0.625. The molecule has 0 saturated heterocycles. The highest BCUT2D eigenvalue weighted by molar-refractivity contribution is 5.41. The average molecular weight is 291 g/mol. The van der Waals surface area contributed by atoms with Crippen LogP contribution in [0.2, 0.25) is 0 Å². The molecule has 1 saturated carbocycles. The molecule has 2 rings (SSSR count). The largest absolute Gasteiger partial charge is 0.496 e. The Labute approximate surface area is 128 Å².